The minimum Gasteiger partial charge on any atom is -0.549 e. The molecule has 0 saturated carbocycles. The monoisotopic (exact) mass is 1190 g/mol. The van der Waals surface area contributed by atoms with Gasteiger partial charge in [-0.3, -0.25) is 9.80 Å². The molecule has 0 aliphatic rings. The van der Waals surface area contributed by atoms with E-state index in [0.29, 0.717) is 48.4 Å². The standard InChI is InChI=1S/C36H32I4N2O12/c37-25-11-19(12-26(38)33(25)53-23-5-1-21(43)2-6-23)15-29(35(49)50)41(17-31(45)46)9-10-42(18-32(47)48)30(36(51)52)16-20-13-27(39)34(28(40)14-20)54-24-7-3-22(44)4-8-24/h1-8,11-14,29-30,43-44H,9-10,15-18H2,(H,45,46)(H,47,48)(H,49,50)(H,51,52)/p-4. The molecule has 0 fully saturated rings. The zero-order chi connectivity index (χ0) is 39.7. The summed E-state index contributed by atoms with van der Waals surface area (Å²) in [6.07, 6.45) is -0.470. The number of carbonyl (C=O) groups is 4. The third kappa shape index (κ3) is 12.7. The summed E-state index contributed by atoms with van der Waals surface area (Å²) in [6.45, 7) is -2.59. The second-order valence-electron chi connectivity index (χ2n) is 11.7. The first-order chi connectivity index (χ1) is 25.5. The van der Waals surface area contributed by atoms with E-state index in [1.165, 1.54) is 24.3 Å². The summed E-state index contributed by atoms with van der Waals surface area (Å²) in [6, 6.07) is 15.6. The number of nitrogens with zero attached hydrogens (tertiary/aromatic N) is 2. The molecule has 0 heterocycles. The van der Waals surface area contributed by atoms with Crippen molar-refractivity contribution in [2.24, 2.45) is 0 Å². The Balaban J connectivity index is 1.55. The highest BCUT2D eigenvalue weighted by molar-refractivity contribution is 14.1. The molecule has 2 unspecified atom stereocenters. The van der Waals surface area contributed by atoms with E-state index in [-0.39, 0.29) is 24.3 Å². The van der Waals surface area contributed by atoms with Crippen molar-refractivity contribution in [3.63, 3.8) is 0 Å². The zero-order valence-corrected chi connectivity index (χ0v) is 36.3. The number of benzene rings is 4. The highest BCUT2D eigenvalue weighted by Crippen LogP contribution is 2.35. The van der Waals surface area contributed by atoms with Crippen LogP contribution in [0.5, 0.6) is 34.5 Å². The van der Waals surface area contributed by atoms with Crippen LogP contribution in [-0.2, 0) is 32.0 Å². The lowest BCUT2D eigenvalue weighted by atomic mass is 10.0. The van der Waals surface area contributed by atoms with Gasteiger partial charge in [-0.1, -0.05) is 0 Å². The Morgan fingerprint density at radius 1 is 0.556 bits per heavy atom. The fourth-order valence-electron chi connectivity index (χ4n) is 5.37. The Morgan fingerprint density at radius 3 is 1.11 bits per heavy atom. The fourth-order valence-corrected chi connectivity index (χ4v) is 9.60. The van der Waals surface area contributed by atoms with Crippen molar-refractivity contribution >= 4 is 114 Å². The summed E-state index contributed by atoms with van der Waals surface area (Å²) in [7, 11) is 0. The number of carboxylic acid groups (broad SMARTS) is 4. The Bertz CT molecular complexity index is 1810. The van der Waals surface area contributed by atoms with Crippen molar-refractivity contribution in [3.8, 4) is 34.5 Å². The quantitative estimate of drug-likeness (QED) is 0.126. The number of aromatic hydroxyl groups is 2. The lowest BCUT2D eigenvalue weighted by molar-refractivity contribution is -0.319. The summed E-state index contributed by atoms with van der Waals surface area (Å²) >= 11 is 8.04. The molecule has 0 aliphatic heterocycles. The van der Waals surface area contributed by atoms with Gasteiger partial charge in [0.25, 0.3) is 0 Å². The van der Waals surface area contributed by atoms with E-state index < -0.39 is 62.1 Å². The molecular weight excluding hydrogens is 1160 g/mol. The molecule has 0 amide bonds. The number of carboxylic acids is 4. The summed E-state index contributed by atoms with van der Waals surface area (Å²) in [4.78, 5) is 50.7. The van der Waals surface area contributed by atoms with Gasteiger partial charge in [0.1, 0.15) is 23.0 Å². The Kier molecular flexibility index (Phi) is 16.2. The maximum atomic E-state index is 12.5. The third-order valence-corrected chi connectivity index (χ3v) is 11.1. The third-order valence-electron chi connectivity index (χ3n) is 7.85. The second-order valence-corrected chi connectivity index (χ2v) is 16.4. The van der Waals surface area contributed by atoms with E-state index >= 15 is 0 Å². The number of halogens is 4. The van der Waals surface area contributed by atoms with Gasteiger partial charge in [-0.25, -0.2) is 0 Å². The van der Waals surface area contributed by atoms with Crippen LogP contribution in [0.2, 0.25) is 0 Å². The number of carbonyl (C=O) groups excluding carboxylic acids is 4. The van der Waals surface area contributed by atoms with Crippen LogP contribution in [0.4, 0.5) is 0 Å². The largest absolute Gasteiger partial charge is 0.549 e. The van der Waals surface area contributed by atoms with Gasteiger partial charge in [-0.15, -0.1) is 0 Å². The first-order valence-corrected chi connectivity index (χ1v) is 20.0. The first-order valence-electron chi connectivity index (χ1n) is 15.7. The molecule has 0 bridgehead atoms. The van der Waals surface area contributed by atoms with E-state index in [4.69, 9.17) is 9.47 Å². The number of hydrogen-bond donors (Lipinski definition) is 2. The van der Waals surface area contributed by atoms with Crippen molar-refractivity contribution in [1.82, 2.24) is 9.80 Å². The topological polar surface area (TPSA) is 226 Å². The van der Waals surface area contributed by atoms with Gasteiger partial charge < -0.3 is 59.3 Å². The minimum absolute atomic E-state index is 0.0584. The summed E-state index contributed by atoms with van der Waals surface area (Å²) in [5.74, 6) is -4.53. The molecular formula is C36H28I4N2O12-4. The van der Waals surface area contributed by atoms with Gasteiger partial charge in [0.2, 0.25) is 0 Å². The average molecular weight is 1190 g/mol. The van der Waals surface area contributed by atoms with Gasteiger partial charge in [0.15, 0.2) is 11.5 Å². The summed E-state index contributed by atoms with van der Waals surface area (Å²) in [5.41, 5.74) is 0.973. The highest BCUT2D eigenvalue weighted by Gasteiger charge is 2.26. The molecule has 2 N–H and O–H groups in total. The average Bonchev–Trinajstić information content (AvgIpc) is 3.08. The van der Waals surface area contributed by atoms with Crippen LogP contribution in [0.15, 0.2) is 72.8 Å². The van der Waals surface area contributed by atoms with Crippen LogP contribution in [0.1, 0.15) is 11.1 Å². The van der Waals surface area contributed by atoms with Crippen LogP contribution >= 0.6 is 90.4 Å². The highest BCUT2D eigenvalue weighted by atomic mass is 127. The Morgan fingerprint density at radius 2 is 0.852 bits per heavy atom. The maximum Gasteiger partial charge on any atom is 0.154 e. The SMILES string of the molecule is O=C([O-])CN(CCN(CC(=O)[O-])C(Cc1cc(I)c(Oc2ccc(O)cc2)c(I)c1)C(=O)[O-])C(Cc1cc(I)c(Oc2ccc(O)cc2)c(I)c1)C(=O)[O-]. The predicted octanol–water partition coefficient (Wildman–Crippen LogP) is 1.23. The molecule has 4 aromatic rings. The van der Waals surface area contributed by atoms with Crippen LogP contribution in [0.3, 0.4) is 0 Å². The van der Waals surface area contributed by atoms with E-state index in [9.17, 15) is 49.8 Å². The van der Waals surface area contributed by atoms with E-state index in [1.54, 1.807) is 48.5 Å². The number of phenolic OH excluding ortho intramolecular Hbond substituents is 2. The molecule has 14 nitrogen and oxygen atoms in total. The molecule has 18 heteroatoms. The smallest absolute Gasteiger partial charge is 0.154 e. The van der Waals surface area contributed by atoms with Crippen molar-refractivity contribution in [2.45, 2.75) is 24.9 Å². The number of hydrogen-bond acceptors (Lipinski definition) is 14. The molecule has 4 aromatic carbocycles. The van der Waals surface area contributed by atoms with Gasteiger partial charge in [0, 0.05) is 26.2 Å². The molecule has 0 spiro atoms. The zero-order valence-electron chi connectivity index (χ0n) is 27.7. The van der Waals surface area contributed by atoms with E-state index in [1.807, 2.05) is 90.4 Å². The molecule has 2 atom stereocenters. The minimum atomic E-state index is -1.62. The number of aliphatic carboxylic acids is 4. The molecule has 54 heavy (non-hydrogen) atoms. The first kappa shape index (κ1) is 43.5. The van der Waals surface area contributed by atoms with Crippen molar-refractivity contribution in [2.75, 3.05) is 26.2 Å². The van der Waals surface area contributed by atoms with Gasteiger partial charge in [0.05, 0.1) is 50.2 Å². The van der Waals surface area contributed by atoms with Crippen LogP contribution in [-0.4, -0.2) is 82.2 Å². The van der Waals surface area contributed by atoms with Crippen LogP contribution in [0.25, 0.3) is 0 Å². The normalized spacial score (nSPS) is 12.3. The predicted molar refractivity (Wildman–Crippen MR) is 218 cm³/mol. The molecule has 286 valence electrons. The van der Waals surface area contributed by atoms with Gasteiger partial charge in [-0.2, -0.15) is 0 Å². The van der Waals surface area contributed by atoms with Crippen LogP contribution in [0, 0.1) is 14.3 Å². The molecule has 0 aliphatic carbocycles. The Hall–Kier alpha value is -3.20. The van der Waals surface area contributed by atoms with Crippen molar-refractivity contribution in [3.05, 3.63) is 98.2 Å². The van der Waals surface area contributed by atoms with E-state index in [2.05, 4.69) is 0 Å². The van der Waals surface area contributed by atoms with Crippen LogP contribution < -0.4 is 29.9 Å². The number of phenols is 2. The lowest BCUT2D eigenvalue weighted by Gasteiger charge is -2.37. The van der Waals surface area contributed by atoms with E-state index in [0.717, 1.165) is 9.80 Å². The molecule has 4 rings (SSSR count). The van der Waals surface area contributed by atoms with Crippen molar-refractivity contribution in [1.29, 1.82) is 0 Å². The molecule has 0 saturated heterocycles. The fraction of sp³-hybridized carbons (Fsp3) is 0.222. The lowest BCUT2D eigenvalue weighted by Crippen LogP contribution is -2.57. The summed E-state index contributed by atoms with van der Waals surface area (Å²) in [5, 5.41) is 67.8. The second kappa shape index (κ2) is 20.1. The molecule has 0 radical (unpaired) electrons. The number of ether oxygens (including phenoxy) is 2. The maximum absolute atomic E-state index is 12.5. The van der Waals surface area contributed by atoms with Crippen molar-refractivity contribution < 1.29 is 59.3 Å². The number of rotatable bonds is 19. The molecule has 0 aromatic heterocycles. The van der Waals surface area contributed by atoms with Gasteiger partial charge >= 0.3 is 0 Å². The Labute approximate surface area is 363 Å². The van der Waals surface area contributed by atoms with Gasteiger partial charge in [-0.05, 0) is 187 Å². The summed E-state index contributed by atoms with van der Waals surface area (Å²) < 4.78 is 14.3.